The average molecular weight is 228 g/mol. The standard InChI is InChI=1S/C13H28N2O/c1-3-8-14-12(11-16)10-15-9-6-5-7-13(15)4-2/h12-14,16H,3-11H2,1-2H3. The highest BCUT2D eigenvalue weighted by atomic mass is 16.3. The minimum atomic E-state index is 0.257. The summed E-state index contributed by atoms with van der Waals surface area (Å²) in [6, 6.07) is 0.998. The zero-order valence-electron chi connectivity index (χ0n) is 10.9. The average Bonchev–Trinajstić information content (AvgIpc) is 2.34. The van der Waals surface area contributed by atoms with Crippen LogP contribution in [-0.4, -0.2) is 48.3 Å². The van der Waals surface area contributed by atoms with E-state index in [1.54, 1.807) is 0 Å². The van der Waals surface area contributed by atoms with Gasteiger partial charge in [0.2, 0.25) is 0 Å². The second-order valence-corrected chi connectivity index (χ2v) is 4.89. The molecule has 2 unspecified atom stereocenters. The molecule has 2 atom stereocenters. The quantitative estimate of drug-likeness (QED) is 0.695. The topological polar surface area (TPSA) is 35.5 Å². The molecule has 1 aliphatic rings. The van der Waals surface area contributed by atoms with Crippen molar-refractivity contribution in [2.45, 2.75) is 58.0 Å². The first-order valence-corrected chi connectivity index (χ1v) is 6.90. The first-order valence-electron chi connectivity index (χ1n) is 6.90. The molecular weight excluding hydrogens is 200 g/mol. The summed E-state index contributed by atoms with van der Waals surface area (Å²) in [5.74, 6) is 0. The molecule has 0 radical (unpaired) electrons. The van der Waals surface area contributed by atoms with Crippen LogP contribution in [0.15, 0.2) is 0 Å². The third-order valence-electron chi connectivity index (χ3n) is 3.58. The monoisotopic (exact) mass is 228 g/mol. The fourth-order valence-electron chi connectivity index (χ4n) is 2.58. The number of aliphatic hydroxyl groups excluding tert-OH is 1. The largest absolute Gasteiger partial charge is 0.395 e. The van der Waals surface area contributed by atoms with E-state index in [1.807, 2.05) is 0 Å². The Hall–Kier alpha value is -0.120. The molecule has 16 heavy (non-hydrogen) atoms. The Labute approximate surface area is 100 Å². The van der Waals surface area contributed by atoms with Gasteiger partial charge in [-0.2, -0.15) is 0 Å². The Balaban J connectivity index is 2.35. The van der Waals surface area contributed by atoms with Gasteiger partial charge in [-0.05, 0) is 38.8 Å². The van der Waals surface area contributed by atoms with Crippen LogP contribution in [0.1, 0.15) is 46.0 Å². The first kappa shape index (κ1) is 13.9. The highest BCUT2D eigenvalue weighted by Gasteiger charge is 2.22. The van der Waals surface area contributed by atoms with Crippen molar-refractivity contribution >= 4 is 0 Å². The summed E-state index contributed by atoms with van der Waals surface area (Å²) in [7, 11) is 0. The molecule has 0 amide bonds. The van der Waals surface area contributed by atoms with E-state index in [0.29, 0.717) is 0 Å². The minimum absolute atomic E-state index is 0.257. The van der Waals surface area contributed by atoms with Crippen LogP contribution in [0, 0.1) is 0 Å². The van der Waals surface area contributed by atoms with E-state index in [-0.39, 0.29) is 12.6 Å². The van der Waals surface area contributed by atoms with E-state index >= 15 is 0 Å². The normalized spacial score (nSPS) is 24.6. The third-order valence-corrected chi connectivity index (χ3v) is 3.58. The fourth-order valence-corrected chi connectivity index (χ4v) is 2.58. The van der Waals surface area contributed by atoms with Gasteiger partial charge >= 0.3 is 0 Å². The van der Waals surface area contributed by atoms with Gasteiger partial charge in [-0.15, -0.1) is 0 Å². The van der Waals surface area contributed by atoms with E-state index < -0.39 is 0 Å². The summed E-state index contributed by atoms with van der Waals surface area (Å²) >= 11 is 0. The van der Waals surface area contributed by atoms with Gasteiger partial charge in [-0.3, -0.25) is 4.90 Å². The summed E-state index contributed by atoms with van der Waals surface area (Å²) in [4.78, 5) is 2.56. The van der Waals surface area contributed by atoms with Crippen LogP contribution in [0.3, 0.4) is 0 Å². The number of likely N-dealkylation sites (tertiary alicyclic amines) is 1. The summed E-state index contributed by atoms with van der Waals surface area (Å²) in [6.07, 6.45) is 6.41. The summed E-state index contributed by atoms with van der Waals surface area (Å²) in [5.41, 5.74) is 0. The van der Waals surface area contributed by atoms with E-state index in [4.69, 9.17) is 0 Å². The van der Waals surface area contributed by atoms with E-state index in [9.17, 15) is 5.11 Å². The fraction of sp³-hybridized carbons (Fsp3) is 1.00. The van der Waals surface area contributed by atoms with Crippen LogP contribution in [0.5, 0.6) is 0 Å². The molecule has 0 saturated carbocycles. The van der Waals surface area contributed by atoms with Gasteiger partial charge in [0.15, 0.2) is 0 Å². The van der Waals surface area contributed by atoms with Gasteiger partial charge in [0.1, 0.15) is 0 Å². The van der Waals surface area contributed by atoms with Gasteiger partial charge in [0.05, 0.1) is 6.61 Å². The molecule has 0 aromatic rings. The first-order chi connectivity index (χ1) is 7.81. The molecule has 0 aromatic heterocycles. The highest BCUT2D eigenvalue weighted by Crippen LogP contribution is 2.19. The van der Waals surface area contributed by atoms with E-state index in [1.165, 1.54) is 32.2 Å². The SMILES string of the molecule is CCCNC(CO)CN1CCCCC1CC. The number of nitrogens with one attached hydrogen (secondary N) is 1. The van der Waals surface area contributed by atoms with Crippen molar-refractivity contribution in [3.63, 3.8) is 0 Å². The molecule has 1 heterocycles. The number of piperidine rings is 1. The second-order valence-electron chi connectivity index (χ2n) is 4.89. The molecule has 96 valence electrons. The van der Waals surface area contributed by atoms with Crippen LogP contribution in [0.25, 0.3) is 0 Å². The van der Waals surface area contributed by atoms with Gasteiger partial charge in [-0.25, -0.2) is 0 Å². The Bertz CT molecular complexity index is 175. The van der Waals surface area contributed by atoms with Crippen molar-refractivity contribution in [2.24, 2.45) is 0 Å². The molecular formula is C13H28N2O. The number of aliphatic hydroxyl groups is 1. The second kappa shape index (κ2) is 8.04. The predicted octanol–water partition coefficient (Wildman–Crippen LogP) is 1.61. The molecule has 0 bridgehead atoms. The lowest BCUT2D eigenvalue weighted by Gasteiger charge is -2.37. The third kappa shape index (κ3) is 4.40. The van der Waals surface area contributed by atoms with E-state index in [0.717, 1.165) is 25.6 Å². The number of nitrogens with zero attached hydrogens (tertiary/aromatic N) is 1. The molecule has 1 aliphatic heterocycles. The Kier molecular flexibility index (Phi) is 7.01. The van der Waals surface area contributed by atoms with Crippen molar-refractivity contribution in [3.05, 3.63) is 0 Å². The molecule has 3 nitrogen and oxygen atoms in total. The molecule has 0 aromatic carbocycles. The molecule has 0 spiro atoms. The predicted molar refractivity (Wildman–Crippen MR) is 68.7 cm³/mol. The summed E-state index contributed by atoms with van der Waals surface area (Å²) in [5, 5.41) is 12.8. The maximum absolute atomic E-state index is 9.35. The Morgan fingerprint density at radius 3 is 2.81 bits per heavy atom. The molecule has 0 aliphatic carbocycles. The van der Waals surface area contributed by atoms with Gasteiger partial charge in [-0.1, -0.05) is 20.3 Å². The van der Waals surface area contributed by atoms with Gasteiger partial charge in [0.25, 0.3) is 0 Å². The van der Waals surface area contributed by atoms with Gasteiger partial charge < -0.3 is 10.4 Å². The zero-order chi connectivity index (χ0) is 11.8. The summed E-state index contributed by atoms with van der Waals surface area (Å²) < 4.78 is 0. The smallest absolute Gasteiger partial charge is 0.0597 e. The summed E-state index contributed by atoms with van der Waals surface area (Å²) in [6.45, 7) is 7.92. The number of hydrogen-bond acceptors (Lipinski definition) is 3. The highest BCUT2D eigenvalue weighted by molar-refractivity contribution is 4.80. The minimum Gasteiger partial charge on any atom is -0.395 e. The van der Waals surface area contributed by atoms with Crippen molar-refractivity contribution in [1.29, 1.82) is 0 Å². The lowest BCUT2D eigenvalue weighted by molar-refractivity contribution is 0.111. The van der Waals surface area contributed by atoms with Gasteiger partial charge in [0, 0.05) is 18.6 Å². The van der Waals surface area contributed by atoms with Crippen LogP contribution in [0.2, 0.25) is 0 Å². The van der Waals surface area contributed by atoms with Crippen LogP contribution in [0.4, 0.5) is 0 Å². The van der Waals surface area contributed by atoms with Crippen LogP contribution in [-0.2, 0) is 0 Å². The Morgan fingerprint density at radius 2 is 2.19 bits per heavy atom. The molecule has 2 N–H and O–H groups in total. The van der Waals surface area contributed by atoms with Crippen molar-refractivity contribution in [3.8, 4) is 0 Å². The lowest BCUT2D eigenvalue weighted by atomic mass is 9.99. The molecule has 3 heteroatoms. The maximum atomic E-state index is 9.35. The number of rotatable bonds is 7. The van der Waals surface area contributed by atoms with Crippen LogP contribution < -0.4 is 5.32 Å². The zero-order valence-corrected chi connectivity index (χ0v) is 10.9. The van der Waals surface area contributed by atoms with Crippen molar-refractivity contribution in [2.75, 3.05) is 26.2 Å². The Morgan fingerprint density at radius 1 is 1.38 bits per heavy atom. The van der Waals surface area contributed by atoms with Crippen molar-refractivity contribution < 1.29 is 5.11 Å². The molecule has 1 fully saturated rings. The molecule has 1 saturated heterocycles. The van der Waals surface area contributed by atoms with Crippen molar-refractivity contribution in [1.82, 2.24) is 10.2 Å². The molecule has 1 rings (SSSR count). The van der Waals surface area contributed by atoms with Crippen LogP contribution >= 0.6 is 0 Å². The maximum Gasteiger partial charge on any atom is 0.0597 e. The lowest BCUT2D eigenvalue weighted by Crippen LogP contribution is -2.49. The number of hydrogen-bond donors (Lipinski definition) is 2. The van der Waals surface area contributed by atoms with E-state index in [2.05, 4.69) is 24.1 Å².